The summed E-state index contributed by atoms with van der Waals surface area (Å²) in [6.07, 6.45) is 1.47. The van der Waals surface area contributed by atoms with Crippen LogP contribution in [0.3, 0.4) is 0 Å². The number of benzene rings is 2. The number of amides is 1. The van der Waals surface area contributed by atoms with E-state index in [1.165, 1.54) is 12.7 Å². The van der Waals surface area contributed by atoms with Crippen molar-refractivity contribution in [3.8, 4) is 17.2 Å². The Labute approximate surface area is 195 Å². The number of hydrogen-bond acceptors (Lipinski definition) is 6. The number of methoxy groups -OCH3 is 1. The zero-order chi connectivity index (χ0) is 23.8. The molecule has 0 spiro atoms. The monoisotopic (exact) mass is 459 g/mol. The summed E-state index contributed by atoms with van der Waals surface area (Å²) in [7, 11) is 1.49. The Bertz CT molecular complexity index is 1430. The smallest absolute Gasteiger partial charge is 0.278 e. The first-order valence-electron chi connectivity index (χ1n) is 11.2. The maximum Gasteiger partial charge on any atom is 0.278 e. The summed E-state index contributed by atoms with van der Waals surface area (Å²) in [6.45, 7) is 3.04. The van der Waals surface area contributed by atoms with Gasteiger partial charge >= 0.3 is 0 Å². The number of ether oxygens (including phenoxy) is 1. The molecule has 5 rings (SSSR count). The molecule has 1 saturated heterocycles. The molecule has 1 fully saturated rings. The number of nitrogens with zero attached hydrogens (tertiary/aromatic N) is 4. The van der Waals surface area contributed by atoms with Crippen LogP contribution in [0.15, 0.2) is 53.3 Å². The quantitative estimate of drug-likeness (QED) is 0.485. The summed E-state index contributed by atoms with van der Waals surface area (Å²) < 4.78 is 6.40. The van der Waals surface area contributed by atoms with Gasteiger partial charge in [-0.05, 0) is 49.6 Å². The molecule has 2 aromatic heterocycles. The molecule has 0 unspecified atom stereocenters. The number of aryl methyl sites for hydroxylation is 1. The SMILES string of the molecule is COc1ccccc1-n1nc(C(=O)N2CCC(c3nc4ccc(C)cc4[nH]3)CC2)c(O)cc1=O. The predicted octanol–water partition coefficient (Wildman–Crippen LogP) is 3.15. The third-order valence-corrected chi connectivity index (χ3v) is 6.25. The van der Waals surface area contributed by atoms with Crippen LogP contribution >= 0.6 is 0 Å². The fraction of sp³-hybridized carbons (Fsp3) is 0.280. The molecule has 1 aliphatic rings. The van der Waals surface area contributed by atoms with Gasteiger partial charge in [-0.3, -0.25) is 9.59 Å². The highest BCUT2D eigenvalue weighted by atomic mass is 16.5. The van der Waals surface area contributed by atoms with Crippen molar-refractivity contribution in [3.05, 3.63) is 76.0 Å². The number of carbonyl (C=O) groups is 1. The maximum atomic E-state index is 13.2. The van der Waals surface area contributed by atoms with Gasteiger partial charge in [0.2, 0.25) is 0 Å². The predicted molar refractivity (Wildman–Crippen MR) is 127 cm³/mol. The van der Waals surface area contributed by atoms with E-state index in [2.05, 4.69) is 16.1 Å². The topological polar surface area (TPSA) is 113 Å². The fourth-order valence-corrected chi connectivity index (χ4v) is 4.42. The highest BCUT2D eigenvalue weighted by molar-refractivity contribution is 5.94. The van der Waals surface area contributed by atoms with Crippen LogP contribution in [-0.2, 0) is 0 Å². The second-order valence-corrected chi connectivity index (χ2v) is 8.51. The van der Waals surface area contributed by atoms with Crippen molar-refractivity contribution >= 4 is 16.9 Å². The lowest BCUT2D eigenvalue weighted by atomic mass is 9.96. The van der Waals surface area contributed by atoms with Crippen molar-refractivity contribution in [3.63, 3.8) is 0 Å². The highest BCUT2D eigenvalue weighted by Crippen LogP contribution is 2.29. The van der Waals surface area contributed by atoms with Crippen LogP contribution in [0, 0.1) is 6.92 Å². The van der Waals surface area contributed by atoms with Crippen molar-refractivity contribution in [1.82, 2.24) is 24.6 Å². The number of piperidine rings is 1. The van der Waals surface area contributed by atoms with Gasteiger partial charge in [-0.15, -0.1) is 0 Å². The number of fused-ring (bicyclic) bond motifs is 1. The minimum atomic E-state index is -0.558. The van der Waals surface area contributed by atoms with Gasteiger partial charge in [-0.25, -0.2) is 4.98 Å². The Hall–Kier alpha value is -4.14. The molecule has 1 amide bonds. The first kappa shape index (κ1) is 21.7. The van der Waals surface area contributed by atoms with Crippen LogP contribution in [-0.4, -0.2) is 55.9 Å². The van der Waals surface area contributed by atoms with E-state index in [4.69, 9.17) is 9.72 Å². The molecule has 0 bridgehead atoms. The van der Waals surface area contributed by atoms with Gasteiger partial charge in [0.25, 0.3) is 11.5 Å². The van der Waals surface area contributed by atoms with Crippen LogP contribution in [0.25, 0.3) is 16.7 Å². The summed E-state index contributed by atoms with van der Waals surface area (Å²) in [5.41, 5.74) is 2.79. The Morgan fingerprint density at radius 1 is 1.15 bits per heavy atom. The summed E-state index contributed by atoms with van der Waals surface area (Å²) in [6, 6.07) is 14.0. The number of rotatable bonds is 4. The molecule has 2 aromatic carbocycles. The number of nitrogens with one attached hydrogen (secondary N) is 1. The molecule has 0 aliphatic carbocycles. The minimum Gasteiger partial charge on any atom is -0.505 e. The molecule has 0 saturated carbocycles. The second-order valence-electron chi connectivity index (χ2n) is 8.51. The number of hydrogen-bond donors (Lipinski definition) is 2. The molecule has 3 heterocycles. The van der Waals surface area contributed by atoms with Crippen molar-refractivity contribution < 1.29 is 14.6 Å². The number of likely N-dealkylation sites (tertiary alicyclic amines) is 1. The number of imidazole rings is 1. The summed E-state index contributed by atoms with van der Waals surface area (Å²) in [4.78, 5) is 35.5. The van der Waals surface area contributed by atoms with Crippen molar-refractivity contribution in [2.75, 3.05) is 20.2 Å². The lowest BCUT2D eigenvalue weighted by Crippen LogP contribution is -2.39. The van der Waals surface area contributed by atoms with Crippen molar-refractivity contribution in [2.24, 2.45) is 0 Å². The molecule has 9 nitrogen and oxygen atoms in total. The number of carbonyl (C=O) groups excluding carboxylic acids is 1. The van der Waals surface area contributed by atoms with Crippen LogP contribution in [0.4, 0.5) is 0 Å². The molecule has 9 heteroatoms. The lowest BCUT2D eigenvalue weighted by molar-refractivity contribution is 0.0699. The van der Waals surface area contributed by atoms with Gasteiger partial charge in [0.15, 0.2) is 11.4 Å². The van der Waals surface area contributed by atoms with Gasteiger partial charge in [0, 0.05) is 25.1 Å². The highest BCUT2D eigenvalue weighted by Gasteiger charge is 2.29. The van der Waals surface area contributed by atoms with Crippen LogP contribution in [0.1, 0.15) is 40.6 Å². The average molecular weight is 460 g/mol. The summed E-state index contributed by atoms with van der Waals surface area (Å²) in [5, 5.41) is 14.6. The van der Waals surface area contributed by atoms with E-state index in [-0.39, 0.29) is 11.6 Å². The molecule has 2 N–H and O–H groups in total. The zero-order valence-corrected chi connectivity index (χ0v) is 19.0. The first-order chi connectivity index (χ1) is 16.4. The number of H-pyrrole nitrogens is 1. The van der Waals surface area contributed by atoms with Gasteiger partial charge < -0.3 is 19.7 Å². The molecule has 174 valence electrons. The first-order valence-corrected chi connectivity index (χ1v) is 11.2. The van der Waals surface area contributed by atoms with Crippen molar-refractivity contribution in [1.29, 1.82) is 0 Å². The van der Waals surface area contributed by atoms with Crippen molar-refractivity contribution in [2.45, 2.75) is 25.7 Å². The molecule has 0 radical (unpaired) electrons. The standard InChI is InChI=1S/C25H25N5O4/c1-15-7-8-17-18(13-15)27-24(26-17)16-9-11-29(12-10-16)25(33)23-20(31)14-22(32)30(28-23)19-5-3-4-6-21(19)34-2/h3-8,13-14,16,31H,9-12H2,1-2H3,(H,26,27). The molecular formula is C25H25N5O4. The van der Waals surface area contributed by atoms with E-state index in [1.54, 1.807) is 29.2 Å². The van der Waals surface area contributed by atoms with Crippen LogP contribution in [0.2, 0.25) is 0 Å². The van der Waals surface area contributed by atoms with E-state index in [9.17, 15) is 14.7 Å². The Kier molecular flexibility index (Phi) is 5.53. The number of aromatic nitrogens is 4. The van der Waals surface area contributed by atoms with Gasteiger partial charge in [0.05, 0.1) is 18.1 Å². The van der Waals surface area contributed by atoms with E-state index in [0.717, 1.165) is 40.4 Å². The fourth-order valence-electron chi connectivity index (χ4n) is 4.42. The third-order valence-electron chi connectivity index (χ3n) is 6.25. The minimum absolute atomic E-state index is 0.164. The zero-order valence-electron chi connectivity index (χ0n) is 19.0. The Balaban J connectivity index is 1.36. The van der Waals surface area contributed by atoms with E-state index >= 15 is 0 Å². The summed E-state index contributed by atoms with van der Waals surface area (Å²) >= 11 is 0. The number of aromatic hydroxyl groups is 1. The molecular weight excluding hydrogens is 434 g/mol. The summed E-state index contributed by atoms with van der Waals surface area (Å²) in [5.74, 6) is 0.720. The van der Waals surface area contributed by atoms with Gasteiger partial charge in [-0.2, -0.15) is 9.78 Å². The molecule has 0 atom stereocenters. The average Bonchev–Trinajstić information content (AvgIpc) is 3.27. The number of para-hydroxylation sites is 2. The van der Waals surface area contributed by atoms with E-state index < -0.39 is 17.2 Å². The molecule has 34 heavy (non-hydrogen) atoms. The number of aromatic amines is 1. The maximum absolute atomic E-state index is 13.2. The van der Waals surface area contributed by atoms with E-state index in [0.29, 0.717) is 24.5 Å². The Morgan fingerprint density at radius 2 is 1.91 bits per heavy atom. The van der Waals surface area contributed by atoms with Crippen LogP contribution in [0.5, 0.6) is 11.5 Å². The van der Waals surface area contributed by atoms with Gasteiger partial charge in [0.1, 0.15) is 17.3 Å². The Morgan fingerprint density at radius 3 is 2.68 bits per heavy atom. The van der Waals surface area contributed by atoms with E-state index in [1.807, 2.05) is 19.1 Å². The normalized spacial score (nSPS) is 14.5. The van der Waals surface area contributed by atoms with Gasteiger partial charge in [-0.1, -0.05) is 18.2 Å². The van der Waals surface area contributed by atoms with Crippen LogP contribution < -0.4 is 10.3 Å². The largest absolute Gasteiger partial charge is 0.505 e. The second kappa shape index (κ2) is 8.66. The third kappa shape index (κ3) is 3.89. The molecule has 1 aliphatic heterocycles. The molecule has 4 aromatic rings. The lowest BCUT2D eigenvalue weighted by Gasteiger charge is -2.31.